The van der Waals surface area contributed by atoms with Crippen LogP contribution in [0, 0.1) is 0 Å². The van der Waals surface area contributed by atoms with Crippen LogP contribution in [-0.2, 0) is 14.2 Å². The molecule has 1 fully saturated rings. The molecule has 1 saturated heterocycles. The second kappa shape index (κ2) is 4.39. The van der Waals surface area contributed by atoms with Gasteiger partial charge in [0.15, 0.2) is 19.9 Å². The monoisotopic (exact) mass is 210 g/mol. The van der Waals surface area contributed by atoms with Crippen molar-refractivity contribution in [1.82, 2.24) is 0 Å². The lowest BCUT2D eigenvalue weighted by Gasteiger charge is -2.23. The normalized spacial score (nSPS) is 17.6. The van der Waals surface area contributed by atoms with E-state index in [-0.39, 0.29) is 19.1 Å². The molecule has 1 N–H and O–H groups in total. The lowest BCUT2D eigenvalue weighted by molar-refractivity contribution is -0.303. The summed E-state index contributed by atoms with van der Waals surface area (Å²) in [6.45, 7) is 0.372. The van der Waals surface area contributed by atoms with Crippen LogP contribution in [0.4, 0.5) is 0 Å². The largest absolute Gasteiger partial charge is 0.478 e. The highest BCUT2D eigenvalue weighted by molar-refractivity contribution is 5.87. The van der Waals surface area contributed by atoms with Gasteiger partial charge in [-0.15, -0.1) is 0 Å². The number of hydrogen-bond donors (Lipinski definition) is 1. The van der Waals surface area contributed by atoms with Crippen molar-refractivity contribution in [3.63, 3.8) is 0 Å². The maximum atomic E-state index is 10.6. The fourth-order valence-electron chi connectivity index (χ4n) is 1.28. The van der Waals surface area contributed by atoms with E-state index >= 15 is 0 Å². The average molecular weight is 210 g/mol. The summed E-state index contributed by atoms with van der Waals surface area (Å²) in [4.78, 5) is 10.6. The Kier molecular flexibility index (Phi) is 2.96. The molecule has 5 nitrogen and oxygen atoms in total. The molecule has 80 valence electrons. The molecule has 0 saturated carbocycles. The Balaban J connectivity index is 2.11. The Bertz CT molecular complexity index is 339. The van der Waals surface area contributed by atoms with Crippen LogP contribution in [0.2, 0.25) is 0 Å². The smallest absolute Gasteiger partial charge is 0.335 e. The summed E-state index contributed by atoms with van der Waals surface area (Å²) in [5, 5.41) is 8.70. The number of aromatic carboxylic acids is 1. The second-order valence-electron chi connectivity index (χ2n) is 3.03. The van der Waals surface area contributed by atoms with Gasteiger partial charge in [-0.2, -0.15) is 0 Å². The summed E-state index contributed by atoms with van der Waals surface area (Å²) in [7, 11) is 0. The molecule has 1 aliphatic rings. The van der Waals surface area contributed by atoms with Gasteiger partial charge in [-0.1, -0.05) is 12.1 Å². The molecule has 0 bridgehead atoms. The Morgan fingerprint density at radius 1 is 1.20 bits per heavy atom. The van der Waals surface area contributed by atoms with Crippen molar-refractivity contribution in [2.45, 2.75) is 6.29 Å². The molecule has 0 spiro atoms. The highest BCUT2D eigenvalue weighted by Gasteiger charge is 2.16. The molecule has 1 aromatic carbocycles. The number of ether oxygens (including phenoxy) is 3. The minimum absolute atomic E-state index is 0.186. The van der Waals surface area contributed by atoms with Gasteiger partial charge in [0.1, 0.15) is 0 Å². The Labute approximate surface area is 86.2 Å². The Morgan fingerprint density at radius 3 is 2.33 bits per heavy atom. The SMILES string of the molecule is O=C(O)c1ccc(C2OCOCO2)cc1. The van der Waals surface area contributed by atoms with E-state index in [0.29, 0.717) is 0 Å². The molecular weight excluding hydrogens is 200 g/mol. The summed E-state index contributed by atoms with van der Waals surface area (Å²) in [6, 6.07) is 6.36. The molecule has 0 amide bonds. The zero-order valence-corrected chi connectivity index (χ0v) is 7.88. The van der Waals surface area contributed by atoms with Crippen molar-refractivity contribution in [2.75, 3.05) is 13.6 Å². The number of rotatable bonds is 2. The molecule has 1 aromatic rings. The summed E-state index contributed by atoms with van der Waals surface area (Å²) in [5.41, 5.74) is 1.02. The molecule has 1 heterocycles. The van der Waals surface area contributed by atoms with E-state index in [1.54, 1.807) is 12.1 Å². The molecule has 1 aliphatic heterocycles. The lowest BCUT2D eigenvalue weighted by atomic mass is 10.1. The van der Waals surface area contributed by atoms with Gasteiger partial charge in [0.25, 0.3) is 0 Å². The van der Waals surface area contributed by atoms with Crippen LogP contribution < -0.4 is 0 Å². The first kappa shape index (κ1) is 10.1. The third-order valence-corrected chi connectivity index (χ3v) is 2.04. The van der Waals surface area contributed by atoms with Crippen molar-refractivity contribution in [3.8, 4) is 0 Å². The van der Waals surface area contributed by atoms with Crippen molar-refractivity contribution in [1.29, 1.82) is 0 Å². The fraction of sp³-hybridized carbons (Fsp3) is 0.300. The topological polar surface area (TPSA) is 65.0 Å². The minimum atomic E-state index is -0.949. The summed E-state index contributed by atoms with van der Waals surface area (Å²) in [6.07, 6.45) is -0.471. The van der Waals surface area contributed by atoms with E-state index in [1.165, 1.54) is 12.1 Å². The van der Waals surface area contributed by atoms with Gasteiger partial charge >= 0.3 is 5.97 Å². The van der Waals surface area contributed by atoms with Crippen LogP contribution in [0.25, 0.3) is 0 Å². The first-order chi connectivity index (χ1) is 7.27. The van der Waals surface area contributed by atoms with E-state index in [4.69, 9.17) is 19.3 Å². The van der Waals surface area contributed by atoms with Crippen LogP contribution in [0.3, 0.4) is 0 Å². The molecule has 15 heavy (non-hydrogen) atoms. The number of carboxylic acids is 1. The van der Waals surface area contributed by atoms with Crippen LogP contribution in [-0.4, -0.2) is 24.7 Å². The van der Waals surface area contributed by atoms with Crippen molar-refractivity contribution >= 4 is 5.97 Å². The van der Waals surface area contributed by atoms with E-state index in [1.807, 2.05) is 0 Å². The molecule has 0 aromatic heterocycles. The first-order valence-corrected chi connectivity index (χ1v) is 4.41. The standard InChI is InChI=1S/C10H10O5/c11-9(12)7-1-3-8(4-2-7)10-14-5-13-6-15-10/h1-4,10H,5-6H2,(H,11,12). The van der Waals surface area contributed by atoms with Crippen LogP contribution >= 0.6 is 0 Å². The second-order valence-corrected chi connectivity index (χ2v) is 3.03. The van der Waals surface area contributed by atoms with E-state index in [9.17, 15) is 4.79 Å². The van der Waals surface area contributed by atoms with E-state index in [0.717, 1.165) is 5.56 Å². The highest BCUT2D eigenvalue weighted by Crippen LogP contribution is 2.21. The molecular formula is C10H10O5. The highest BCUT2D eigenvalue weighted by atomic mass is 16.8. The van der Waals surface area contributed by atoms with Crippen LogP contribution in [0.1, 0.15) is 22.2 Å². The molecule has 0 aliphatic carbocycles. The van der Waals surface area contributed by atoms with Gasteiger partial charge < -0.3 is 19.3 Å². The molecule has 2 rings (SSSR count). The maximum Gasteiger partial charge on any atom is 0.335 e. The van der Waals surface area contributed by atoms with Gasteiger partial charge in [-0.25, -0.2) is 4.79 Å². The van der Waals surface area contributed by atoms with Crippen molar-refractivity contribution in [3.05, 3.63) is 35.4 Å². The number of hydrogen-bond acceptors (Lipinski definition) is 4. The number of carboxylic acid groups (broad SMARTS) is 1. The Hall–Kier alpha value is -1.43. The zero-order chi connectivity index (χ0) is 10.7. The predicted molar refractivity (Wildman–Crippen MR) is 49.1 cm³/mol. The van der Waals surface area contributed by atoms with Crippen molar-refractivity contribution in [2.24, 2.45) is 0 Å². The summed E-state index contributed by atoms with van der Waals surface area (Å²) in [5.74, 6) is -0.949. The minimum Gasteiger partial charge on any atom is -0.478 e. The molecule has 0 unspecified atom stereocenters. The van der Waals surface area contributed by atoms with Gasteiger partial charge in [0, 0.05) is 5.56 Å². The predicted octanol–water partition coefficient (Wildman–Crippen LogP) is 1.36. The van der Waals surface area contributed by atoms with Gasteiger partial charge in [0.05, 0.1) is 5.56 Å². The average Bonchev–Trinajstić information content (AvgIpc) is 2.30. The van der Waals surface area contributed by atoms with Gasteiger partial charge in [-0.05, 0) is 12.1 Å². The zero-order valence-electron chi connectivity index (χ0n) is 7.88. The van der Waals surface area contributed by atoms with Crippen LogP contribution in [0.5, 0.6) is 0 Å². The third-order valence-electron chi connectivity index (χ3n) is 2.04. The van der Waals surface area contributed by atoms with E-state index < -0.39 is 12.3 Å². The summed E-state index contributed by atoms with van der Waals surface area (Å²) >= 11 is 0. The van der Waals surface area contributed by atoms with Crippen LogP contribution in [0.15, 0.2) is 24.3 Å². The quantitative estimate of drug-likeness (QED) is 0.798. The van der Waals surface area contributed by atoms with E-state index in [2.05, 4.69) is 0 Å². The maximum absolute atomic E-state index is 10.6. The number of benzene rings is 1. The lowest BCUT2D eigenvalue weighted by Crippen LogP contribution is -2.19. The van der Waals surface area contributed by atoms with Gasteiger partial charge in [0.2, 0.25) is 0 Å². The molecule has 5 heteroatoms. The fourth-order valence-corrected chi connectivity index (χ4v) is 1.28. The number of carbonyl (C=O) groups is 1. The molecule has 0 radical (unpaired) electrons. The Morgan fingerprint density at radius 2 is 1.80 bits per heavy atom. The molecule has 0 atom stereocenters. The van der Waals surface area contributed by atoms with Crippen molar-refractivity contribution < 1.29 is 24.1 Å². The summed E-state index contributed by atoms with van der Waals surface area (Å²) < 4.78 is 15.2. The third kappa shape index (κ3) is 2.33. The van der Waals surface area contributed by atoms with Gasteiger partial charge in [-0.3, -0.25) is 0 Å². The first-order valence-electron chi connectivity index (χ1n) is 4.41.